The standard InChI is InChI=1S/C8H10F4O2/c1-5(6(13)14-2)3-4-8(11,12)7(9)10/h3,7H,4H2,1-2H3. The van der Waals surface area contributed by atoms with Crippen LogP contribution in [-0.2, 0) is 9.53 Å². The van der Waals surface area contributed by atoms with Gasteiger partial charge in [0.15, 0.2) is 0 Å². The number of allylic oxidation sites excluding steroid dienone is 1. The number of hydrogen-bond donors (Lipinski definition) is 0. The molecule has 0 saturated heterocycles. The fraction of sp³-hybridized carbons (Fsp3) is 0.625. The Morgan fingerprint density at radius 2 is 2.00 bits per heavy atom. The van der Waals surface area contributed by atoms with E-state index in [9.17, 15) is 22.4 Å². The molecule has 0 rings (SSSR count). The molecule has 0 spiro atoms. The van der Waals surface area contributed by atoms with Gasteiger partial charge in [-0.3, -0.25) is 0 Å². The van der Waals surface area contributed by atoms with Gasteiger partial charge in [-0.15, -0.1) is 0 Å². The van der Waals surface area contributed by atoms with Crippen LogP contribution >= 0.6 is 0 Å². The number of alkyl halides is 4. The number of methoxy groups -OCH3 is 1. The van der Waals surface area contributed by atoms with E-state index in [0.717, 1.165) is 13.2 Å². The van der Waals surface area contributed by atoms with Crippen molar-refractivity contribution < 1.29 is 27.1 Å². The maximum absolute atomic E-state index is 12.3. The van der Waals surface area contributed by atoms with Crippen LogP contribution in [0.5, 0.6) is 0 Å². The third-order valence-corrected chi connectivity index (χ3v) is 1.51. The van der Waals surface area contributed by atoms with Gasteiger partial charge in [0.1, 0.15) is 0 Å². The van der Waals surface area contributed by atoms with Crippen molar-refractivity contribution in [3.63, 3.8) is 0 Å². The van der Waals surface area contributed by atoms with Crippen molar-refractivity contribution in [3.8, 4) is 0 Å². The summed E-state index contributed by atoms with van der Waals surface area (Å²) in [6, 6.07) is 0. The molecule has 0 heterocycles. The van der Waals surface area contributed by atoms with Gasteiger partial charge in [-0.1, -0.05) is 6.08 Å². The van der Waals surface area contributed by atoms with Crippen LogP contribution in [0.3, 0.4) is 0 Å². The molecule has 0 bridgehead atoms. The highest BCUT2D eigenvalue weighted by molar-refractivity contribution is 5.87. The van der Waals surface area contributed by atoms with Crippen LogP contribution in [0.2, 0.25) is 0 Å². The van der Waals surface area contributed by atoms with Crippen LogP contribution in [0, 0.1) is 0 Å². The lowest BCUT2D eigenvalue weighted by Crippen LogP contribution is -2.25. The summed E-state index contributed by atoms with van der Waals surface area (Å²) in [5, 5.41) is 0. The van der Waals surface area contributed by atoms with Gasteiger partial charge in [0.25, 0.3) is 0 Å². The minimum Gasteiger partial charge on any atom is -0.466 e. The highest BCUT2D eigenvalue weighted by atomic mass is 19.3. The minimum absolute atomic E-state index is 0.118. The van der Waals surface area contributed by atoms with E-state index < -0.39 is 24.7 Å². The molecule has 0 N–H and O–H groups in total. The van der Waals surface area contributed by atoms with Crippen LogP contribution < -0.4 is 0 Å². The molecule has 0 unspecified atom stereocenters. The van der Waals surface area contributed by atoms with Gasteiger partial charge in [-0.2, -0.15) is 8.78 Å². The van der Waals surface area contributed by atoms with E-state index >= 15 is 0 Å². The molecule has 14 heavy (non-hydrogen) atoms. The second-order valence-electron chi connectivity index (χ2n) is 2.64. The highest BCUT2D eigenvalue weighted by Gasteiger charge is 2.39. The average molecular weight is 214 g/mol. The Labute approximate surface area is 78.5 Å². The SMILES string of the molecule is COC(=O)C(C)=CCC(F)(F)C(F)F. The van der Waals surface area contributed by atoms with Crippen molar-refractivity contribution in [3.05, 3.63) is 11.6 Å². The van der Waals surface area contributed by atoms with Gasteiger partial charge in [-0.05, 0) is 6.92 Å². The average Bonchev–Trinajstić information content (AvgIpc) is 2.12. The zero-order valence-corrected chi connectivity index (χ0v) is 7.69. The number of hydrogen-bond acceptors (Lipinski definition) is 2. The summed E-state index contributed by atoms with van der Waals surface area (Å²) in [5.74, 6) is -4.91. The highest BCUT2D eigenvalue weighted by Crippen LogP contribution is 2.27. The number of carbonyl (C=O) groups is 1. The lowest BCUT2D eigenvalue weighted by Gasteiger charge is -2.12. The molecule has 0 aliphatic heterocycles. The minimum atomic E-state index is -4.10. The quantitative estimate of drug-likeness (QED) is 0.408. The lowest BCUT2D eigenvalue weighted by molar-refractivity contribution is -0.136. The molecule has 0 amide bonds. The summed E-state index contributed by atoms with van der Waals surface area (Å²) in [6.45, 7) is 1.22. The Morgan fingerprint density at radius 1 is 1.50 bits per heavy atom. The topological polar surface area (TPSA) is 26.3 Å². The Bertz CT molecular complexity index is 235. The number of halogens is 4. The lowest BCUT2D eigenvalue weighted by atomic mass is 10.2. The zero-order valence-electron chi connectivity index (χ0n) is 7.69. The number of esters is 1. The van der Waals surface area contributed by atoms with E-state index in [2.05, 4.69) is 4.74 Å². The van der Waals surface area contributed by atoms with Gasteiger partial charge in [0, 0.05) is 12.0 Å². The van der Waals surface area contributed by atoms with E-state index in [-0.39, 0.29) is 5.57 Å². The molecule has 0 aliphatic carbocycles. The summed E-state index contributed by atoms with van der Waals surface area (Å²) in [5.41, 5.74) is -0.118. The molecule has 0 aromatic carbocycles. The number of ether oxygens (including phenoxy) is 1. The number of carbonyl (C=O) groups excluding carboxylic acids is 1. The molecule has 2 nitrogen and oxygen atoms in total. The molecule has 0 aromatic heterocycles. The van der Waals surface area contributed by atoms with Gasteiger partial charge in [0.05, 0.1) is 7.11 Å². The van der Waals surface area contributed by atoms with Crippen molar-refractivity contribution >= 4 is 5.97 Å². The van der Waals surface area contributed by atoms with Crippen LogP contribution in [0.25, 0.3) is 0 Å². The predicted molar refractivity (Wildman–Crippen MR) is 41.3 cm³/mol. The molecule has 0 saturated carbocycles. The summed E-state index contributed by atoms with van der Waals surface area (Å²) >= 11 is 0. The smallest absolute Gasteiger partial charge is 0.333 e. The van der Waals surface area contributed by atoms with E-state index in [1.165, 1.54) is 6.92 Å². The maximum Gasteiger partial charge on any atom is 0.333 e. The van der Waals surface area contributed by atoms with Crippen molar-refractivity contribution in [1.29, 1.82) is 0 Å². The monoisotopic (exact) mass is 214 g/mol. The summed E-state index contributed by atoms with van der Waals surface area (Å²) in [7, 11) is 1.07. The summed E-state index contributed by atoms with van der Waals surface area (Å²) < 4.78 is 52.2. The van der Waals surface area contributed by atoms with E-state index in [0.29, 0.717) is 0 Å². The molecular weight excluding hydrogens is 204 g/mol. The first kappa shape index (κ1) is 12.9. The van der Waals surface area contributed by atoms with Gasteiger partial charge < -0.3 is 4.74 Å². The predicted octanol–water partition coefficient (Wildman–Crippen LogP) is 2.40. The van der Waals surface area contributed by atoms with Crippen LogP contribution in [0.4, 0.5) is 17.6 Å². The Morgan fingerprint density at radius 3 is 2.36 bits per heavy atom. The largest absolute Gasteiger partial charge is 0.466 e. The van der Waals surface area contributed by atoms with Crippen molar-refractivity contribution in [2.24, 2.45) is 0 Å². The summed E-state index contributed by atoms with van der Waals surface area (Å²) in [4.78, 5) is 10.7. The molecule has 6 heteroatoms. The Kier molecular flexibility index (Phi) is 4.59. The summed E-state index contributed by atoms with van der Waals surface area (Å²) in [6.07, 6.45) is -4.17. The normalized spacial score (nSPS) is 13.2. The maximum atomic E-state index is 12.3. The fourth-order valence-corrected chi connectivity index (χ4v) is 0.623. The molecule has 0 atom stereocenters. The van der Waals surface area contributed by atoms with Crippen LogP contribution in [0.15, 0.2) is 11.6 Å². The zero-order chi connectivity index (χ0) is 11.4. The van der Waals surface area contributed by atoms with E-state index in [1.54, 1.807) is 0 Å². The Hall–Kier alpha value is -1.07. The first-order valence-corrected chi connectivity index (χ1v) is 3.72. The molecule has 0 radical (unpaired) electrons. The Balaban J connectivity index is 4.35. The second kappa shape index (κ2) is 4.97. The first-order valence-electron chi connectivity index (χ1n) is 3.72. The number of rotatable bonds is 4. The third kappa shape index (κ3) is 3.76. The van der Waals surface area contributed by atoms with E-state index in [1.807, 2.05) is 0 Å². The van der Waals surface area contributed by atoms with Crippen molar-refractivity contribution in [2.75, 3.05) is 7.11 Å². The van der Waals surface area contributed by atoms with Gasteiger partial charge >= 0.3 is 18.3 Å². The van der Waals surface area contributed by atoms with Crippen LogP contribution in [-0.4, -0.2) is 25.4 Å². The van der Waals surface area contributed by atoms with Gasteiger partial charge in [0.2, 0.25) is 0 Å². The third-order valence-electron chi connectivity index (χ3n) is 1.51. The fourth-order valence-electron chi connectivity index (χ4n) is 0.623. The van der Waals surface area contributed by atoms with Crippen LogP contribution in [0.1, 0.15) is 13.3 Å². The molecule has 0 fully saturated rings. The van der Waals surface area contributed by atoms with Crippen molar-refractivity contribution in [1.82, 2.24) is 0 Å². The molecule has 0 aliphatic rings. The van der Waals surface area contributed by atoms with Gasteiger partial charge in [-0.25, -0.2) is 13.6 Å². The first-order chi connectivity index (χ1) is 6.31. The molecular formula is C8H10F4O2. The molecule has 0 aromatic rings. The van der Waals surface area contributed by atoms with E-state index in [4.69, 9.17) is 0 Å². The second-order valence-corrected chi connectivity index (χ2v) is 2.64. The van der Waals surface area contributed by atoms with Crippen molar-refractivity contribution in [2.45, 2.75) is 25.7 Å². The molecule has 82 valence electrons.